The molecule has 4 heterocycles. The number of hydrogen-bond donors (Lipinski definition) is 1. The maximum Gasteiger partial charge on any atom is 0.272 e. The second kappa shape index (κ2) is 8.05. The summed E-state index contributed by atoms with van der Waals surface area (Å²) in [6.07, 6.45) is 3.81. The summed E-state index contributed by atoms with van der Waals surface area (Å²) in [5, 5.41) is 3.09. The van der Waals surface area contributed by atoms with Crippen molar-refractivity contribution in [2.45, 2.75) is 51.6 Å². The fourth-order valence-electron chi connectivity index (χ4n) is 4.22. The smallest absolute Gasteiger partial charge is 0.272 e. The summed E-state index contributed by atoms with van der Waals surface area (Å²) in [5.41, 5.74) is 3.40. The molecule has 2 unspecified atom stereocenters. The molecule has 0 saturated carbocycles. The molecule has 8 heteroatoms. The van der Waals surface area contributed by atoms with Gasteiger partial charge in [0.1, 0.15) is 6.61 Å². The zero-order chi connectivity index (χ0) is 19.7. The fraction of sp³-hybridized carbons (Fsp3) is 0.650. The highest BCUT2D eigenvalue weighted by Gasteiger charge is 2.29. The number of aryl methyl sites for hydroxylation is 2. The van der Waals surface area contributed by atoms with Gasteiger partial charge in [0.25, 0.3) is 5.56 Å². The Bertz CT molecular complexity index is 913. The number of hydrogen-bond acceptors (Lipinski definition) is 5. The molecule has 0 aromatic carbocycles. The largest absolute Gasteiger partial charge is 0.376 e. The van der Waals surface area contributed by atoms with Crippen LogP contribution in [0.25, 0.3) is 5.65 Å². The summed E-state index contributed by atoms with van der Waals surface area (Å²) in [4.78, 5) is 31.5. The predicted octanol–water partition coefficient (Wildman–Crippen LogP) is 1.40. The number of rotatable bonds is 6. The molecule has 8 nitrogen and oxygen atoms in total. The standard InChI is InChI=1S/C20H28N4O4/c1-3-16-13(2)22-24-18(25)9-17(21-20(16)24)14-6-7-23(10-14)19(26)12-27-11-15-5-4-8-28-15/h9,14-15,22H,3-8,10-12H2,1-2H3. The van der Waals surface area contributed by atoms with Crippen LogP contribution in [0, 0.1) is 6.92 Å². The SMILES string of the molecule is CCc1c(C)[nH]n2c(=O)cc(C3CCN(C(=O)COCC4CCCO4)C3)nc12. The number of carbonyl (C=O) groups excluding carboxylic acids is 1. The molecule has 2 atom stereocenters. The summed E-state index contributed by atoms with van der Waals surface area (Å²) in [7, 11) is 0. The first-order valence-corrected chi connectivity index (χ1v) is 10.1. The summed E-state index contributed by atoms with van der Waals surface area (Å²) < 4.78 is 12.6. The highest BCUT2D eigenvalue weighted by molar-refractivity contribution is 5.77. The minimum atomic E-state index is -0.104. The third-order valence-corrected chi connectivity index (χ3v) is 5.81. The molecule has 0 radical (unpaired) electrons. The highest BCUT2D eigenvalue weighted by Crippen LogP contribution is 2.26. The zero-order valence-corrected chi connectivity index (χ0v) is 16.6. The van der Waals surface area contributed by atoms with E-state index in [0.717, 1.165) is 49.2 Å². The molecule has 2 aliphatic rings. The van der Waals surface area contributed by atoms with Crippen LogP contribution in [0.2, 0.25) is 0 Å². The number of ether oxygens (including phenoxy) is 2. The van der Waals surface area contributed by atoms with E-state index in [2.05, 4.69) is 12.0 Å². The predicted molar refractivity (Wildman–Crippen MR) is 104 cm³/mol. The van der Waals surface area contributed by atoms with Gasteiger partial charge in [0, 0.05) is 42.9 Å². The van der Waals surface area contributed by atoms with Crippen molar-refractivity contribution in [3.05, 3.63) is 33.4 Å². The highest BCUT2D eigenvalue weighted by atomic mass is 16.5. The summed E-state index contributed by atoms with van der Waals surface area (Å²) in [6, 6.07) is 1.59. The van der Waals surface area contributed by atoms with E-state index in [1.54, 1.807) is 6.07 Å². The van der Waals surface area contributed by atoms with E-state index in [1.807, 2.05) is 11.8 Å². The first-order chi connectivity index (χ1) is 13.6. The van der Waals surface area contributed by atoms with Crippen LogP contribution in [0.15, 0.2) is 10.9 Å². The van der Waals surface area contributed by atoms with Crippen LogP contribution < -0.4 is 5.56 Å². The molecule has 152 valence electrons. The molecule has 1 N–H and O–H groups in total. The van der Waals surface area contributed by atoms with E-state index in [1.165, 1.54) is 4.52 Å². The molecule has 0 bridgehead atoms. The molecular weight excluding hydrogens is 360 g/mol. The first kappa shape index (κ1) is 19.1. The average molecular weight is 388 g/mol. The van der Waals surface area contributed by atoms with E-state index < -0.39 is 0 Å². The lowest BCUT2D eigenvalue weighted by molar-refractivity contribution is -0.136. The van der Waals surface area contributed by atoms with Crippen molar-refractivity contribution in [3.63, 3.8) is 0 Å². The van der Waals surface area contributed by atoms with Crippen LogP contribution in [0.3, 0.4) is 0 Å². The Morgan fingerprint density at radius 3 is 3.04 bits per heavy atom. The van der Waals surface area contributed by atoms with Gasteiger partial charge in [-0.25, -0.2) is 9.50 Å². The van der Waals surface area contributed by atoms with Crippen molar-refractivity contribution in [1.29, 1.82) is 0 Å². The van der Waals surface area contributed by atoms with Gasteiger partial charge in [0.05, 0.1) is 18.4 Å². The van der Waals surface area contributed by atoms with E-state index in [-0.39, 0.29) is 30.1 Å². The third-order valence-electron chi connectivity index (χ3n) is 5.81. The monoisotopic (exact) mass is 388 g/mol. The van der Waals surface area contributed by atoms with Gasteiger partial charge in [-0.3, -0.25) is 14.7 Å². The van der Waals surface area contributed by atoms with Gasteiger partial charge in [-0.2, -0.15) is 0 Å². The number of amides is 1. The van der Waals surface area contributed by atoms with Gasteiger partial charge in [-0.15, -0.1) is 0 Å². The summed E-state index contributed by atoms with van der Waals surface area (Å²) in [6.45, 7) is 6.61. The Kier molecular flexibility index (Phi) is 5.50. The Morgan fingerprint density at radius 2 is 2.29 bits per heavy atom. The minimum absolute atomic E-state index is 0.00923. The number of aromatic nitrogens is 3. The second-order valence-electron chi connectivity index (χ2n) is 7.72. The Balaban J connectivity index is 1.40. The maximum absolute atomic E-state index is 12.5. The number of carbonyl (C=O) groups is 1. The molecular formula is C20H28N4O4. The van der Waals surface area contributed by atoms with Crippen LogP contribution in [0.5, 0.6) is 0 Å². The number of nitrogens with zero attached hydrogens (tertiary/aromatic N) is 3. The molecule has 4 rings (SSSR count). The van der Waals surface area contributed by atoms with Crippen molar-refractivity contribution in [2.75, 3.05) is 32.9 Å². The van der Waals surface area contributed by atoms with Gasteiger partial charge in [0.15, 0.2) is 5.65 Å². The van der Waals surface area contributed by atoms with Gasteiger partial charge in [0.2, 0.25) is 5.91 Å². The average Bonchev–Trinajstić information content (AvgIpc) is 3.41. The minimum Gasteiger partial charge on any atom is -0.376 e. The molecule has 1 amide bonds. The molecule has 2 aliphatic heterocycles. The van der Waals surface area contributed by atoms with Crippen LogP contribution in [0.1, 0.15) is 49.1 Å². The van der Waals surface area contributed by atoms with Crippen LogP contribution in [-0.2, 0) is 20.7 Å². The van der Waals surface area contributed by atoms with Gasteiger partial charge >= 0.3 is 0 Å². The van der Waals surface area contributed by atoms with Gasteiger partial charge in [-0.1, -0.05) is 6.92 Å². The quantitative estimate of drug-likeness (QED) is 0.808. The van der Waals surface area contributed by atoms with Crippen molar-refractivity contribution in [3.8, 4) is 0 Å². The number of aromatic amines is 1. The van der Waals surface area contributed by atoms with Crippen molar-refractivity contribution in [2.24, 2.45) is 0 Å². The number of fused-ring (bicyclic) bond motifs is 1. The maximum atomic E-state index is 12.5. The van der Waals surface area contributed by atoms with Crippen LogP contribution >= 0.6 is 0 Å². The van der Waals surface area contributed by atoms with E-state index in [0.29, 0.717) is 25.3 Å². The normalized spacial score (nSPS) is 22.4. The summed E-state index contributed by atoms with van der Waals surface area (Å²) >= 11 is 0. The topological polar surface area (TPSA) is 88.9 Å². The van der Waals surface area contributed by atoms with E-state index >= 15 is 0 Å². The van der Waals surface area contributed by atoms with Gasteiger partial charge in [-0.05, 0) is 32.6 Å². The molecule has 0 spiro atoms. The molecule has 2 aromatic heterocycles. The Morgan fingerprint density at radius 1 is 1.43 bits per heavy atom. The van der Waals surface area contributed by atoms with E-state index in [4.69, 9.17) is 14.5 Å². The lowest BCUT2D eigenvalue weighted by Gasteiger charge is -2.17. The fourth-order valence-corrected chi connectivity index (χ4v) is 4.22. The summed E-state index contributed by atoms with van der Waals surface area (Å²) in [5.74, 6) is 0.0739. The molecule has 2 saturated heterocycles. The third kappa shape index (κ3) is 3.71. The first-order valence-electron chi connectivity index (χ1n) is 10.1. The molecule has 0 aliphatic carbocycles. The lowest BCUT2D eigenvalue weighted by Crippen LogP contribution is -2.33. The second-order valence-corrected chi connectivity index (χ2v) is 7.72. The van der Waals surface area contributed by atoms with E-state index in [9.17, 15) is 9.59 Å². The molecule has 2 aromatic rings. The Hall–Kier alpha value is -2.19. The Labute approximate surface area is 163 Å². The number of H-pyrrole nitrogens is 1. The van der Waals surface area contributed by atoms with Crippen LogP contribution in [-0.4, -0.2) is 64.4 Å². The number of likely N-dealkylation sites (tertiary alicyclic amines) is 1. The zero-order valence-electron chi connectivity index (χ0n) is 16.6. The van der Waals surface area contributed by atoms with Crippen molar-refractivity contribution < 1.29 is 14.3 Å². The molecule has 28 heavy (non-hydrogen) atoms. The molecule has 2 fully saturated rings. The van der Waals surface area contributed by atoms with Gasteiger partial charge < -0.3 is 14.4 Å². The van der Waals surface area contributed by atoms with Crippen molar-refractivity contribution in [1.82, 2.24) is 19.5 Å². The van der Waals surface area contributed by atoms with Crippen LogP contribution in [0.4, 0.5) is 0 Å². The lowest BCUT2D eigenvalue weighted by atomic mass is 10.0. The number of nitrogens with one attached hydrogen (secondary N) is 1. The van der Waals surface area contributed by atoms with Crippen molar-refractivity contribution >= 4 is 11.6 Å².